The van der Waals surface area contributed by atoms with Crippen LogP contribution in [-0.4, -0.2) is 68.9 Å². The third kappa shape index (κ3) is 4.88. The Balaban J connectivity index is 1.94. The second-order valence-electron chi connectivity index (χ2n) is 8.18. The van der Waals surface area contributed by atoms with Crippen molar-refractivity contribution in [2.75, 3.05) is 7.11 Å². The molecule has 0 aromatic heterocycles. The molecule has 6 atom stereocenters. The van der Waals surface area contributed by atoms with Crippen LogP contribution in [0.15, 0.2) is 36.4 Å². The summed E-state index contributed by atoms with van der Waals surface area (Å²) in [6, 6.07) is 9.58. The van der Waals surface area contributed by atoms with E-state index in [2.05, 4.69) is 0 Å². The number of hydrogen-bond acceptors (Lipinski definition) is 8. The molecule has 3 rings (SSSR count). The van der Waals surface area contributed by atoms with Crippen molar-refractivity contribution in [3.05, 3.63) is 58.9 Å². The number of aliphatic hydroxyl groups excluding tert-OH is 4. The monoisotopic (exact) mass is 452 g/mol. The maximum absolute atomic E-state index is 14.9. The minimum absolute atomic E-state index is 0.00740. The van der Waals surface area contributed by atoms with E-state index < -0.39 is 48.7 Å². The van der Waals surface area contributed by atoms with E-state index in [1.165, 1.54) is 33.1 Å². The molecule has 5 N–H and O–H groups in total. The molecule has 0 amide bonds. The molecule has 0 spiro atoms. The Labute approximate surface area is 185 Å². The molecule has 9 heteroatoms. The summed E-state index contributed by atoms with van der Waals surface area (Å²) in [7, 11) is 1.54. The Morgan fingerprint density at radius 2 is 1.81 bits per heavy atom. The van der Waals surface area contributed by atoms with E-state index in [0.29, 0.717) is 5.75 Å². The van der Waals surface area contributed by atoms with E-state index in [9.17, 15) is 29.9 Å². The first-order valence-electron chi connectivity index (χ1n) is 10.2. The van der Waals surface area contributed by atoms with E-state index in [0.717, 1.165) is 5.56 Å². The van der Waals surface area contributed by atoms with Crippen molar-refractivity contribution in [1.82, 2.24) is 0 Å². The molecule has 0 saturated carbocycles. The molecular weight excluding hydrogens is 423 g/mol. The fourth-order valence-electron chi connectivity index (χ4n) is 3.83. The van der Waals surface area contributed by atoms with Crippen LogP contribution in [0.25, 0.3) is 0 Å². The first kappa shape index (κ1) is 24.4. The molecule has 0 bridgehead atoms. The summed E-state index contributed by atoms with van der Waals surface area (Å²) in [6.45, 7) is 2.15. The van der Waals surface area contributed by atoms with Gasteiger partial charge in [-0.15, -0.1) is 0 Å². The van der Waals surface area contributed by atoms with Crippen LogP contribution in [-0.2, 0) is 17.8 Å². The number of benzene rings is 2. The standard InChI is InChI=1S/C23H29FO8/c1-12(26)21-23(2,29)20(28)19(27)22(32-21)31-18-10-14(11-25)9-17(24)16(18)8-13-4-6-15(30-3)7-5-13/h4-7,9-10,12,19-22,25-29H,8,11H2,1-3H3/t12-,19-,20-,21-,22-,23+/m1/s1. The number of hydrogen-bond donors (Lipinski definition) is 5. The van der Waals surface area contributed by atoms with Crippen molar-refractivity contribution in [2.45, 2.75) is 63.2 Å². The fraction of sp³-hybridized carbons (Fsp3) is 0.478. The Bertz CT molecular complexity index is 915. The Morgan fingerprint density at radius 3 is 2.38 bits per heavy atom. The van der Waals surface area contributed by atoms with Gasteiger partial charge in [0.2, 0.25) is 6.29 Å². The van der Waals surface area contributed by atoms with Gasteiger partial charge in [-0.25, -0.2) is 4.39 Å². The summed E-state index contributed by atoms with van der Waals surface area (Å²) in [5.41, 5.74) is -0.817. The molecule has 0 aliphatic carbocycles. The molecule has 32 heavy (non-hydrogen) atoms. The largest absolute Gasteiger partial charge is 0.497 e. The molecule has 8 nitrogen and oxygen atoms in total. The molecule has 1 aliphatic rings. The van der Waals surface area contributed by atoms with Crippen molar-refractivity contribution < 1.29 is 44.1 Å². The maximum Gasteiger partial charge on any atom is 0.229 e. The highest BCUT2D eigenvalue weighted by Crippen LogP contribution is 2.35. The van der Waals surface area contributed by atoms with E-state index in [1.54, 1.807) is 24.3 Å². The van der Waals surface area contributed by atoms with Gasteiger partial charge in [0, 0.05) is 12.0 Å². The summed E-state index contributed by atoms with van der Waals surface area (Å²) >= 11 is 0. The van der Waals surface area contributed by atoms with Crippen LogP contribution >= 0.6 is 0 Å². The average molecular weight is 452 g/mol. The predicted octanol–water partition coefficient (Wildman–Crippen LogP) is 0.875. The van der Waals surface area contributed by atoms with Crippen molar-refractivity contribution >= 4 is 0 Å². The van der Waals surface area contributed by atoms with E-state index in [-0.39, 0.29) is 23.3 Å². The summed E-state index contributed by atoms with van der Waals surface area (Å²) in [4.78, 5) is 0. The molecule has 2 aromatic rings. The molecule has 0 radical (unpaired) electrons. The van der Waals surface area contributed by atoms with E-state index in [1.807, 2.05) is 0 Å². The average Bonchev–Trinajstić information content (AvgIpc) is 2.76. The second-order valence-corrected chi connectivity index (χ2v) is 8.18. The SMILES string of the molecule is COc1ccc(Cc2c(F)cc(CO)cc2O[C@@H]2O[C@H]([C@@H](C)O)[C@@](C)(O)[C@H](O)[C@H]2O)cc1. The van der Waals surface area contributed by atoms with Crippen molar-refractivity contribution in [3.8, 4) is 11.5 Å². The molecule has 1 fully saturated rings. The van der Waals surface area contributed by atoms with Gasteiger partial charge < -0.3 is 39.7 Å². The first-order chi connectivity index (χ1) is 15.1. The lowest BCUT2D eigenvalue weighted by Crippen LogP contribution is -2.68. The van der Waals surface area contributed by atoms with Crippen LogP contribution < -0.4 is 9.47 Å². The van der Waals surface area contributed by atoms with Gasteiger partial charge in [-0.1, -0.05) is 12.1 Å². The maximum atomic E-state index is 14.9. The van der Waals surface area contributed by atoms with Crippen LogP contribution in [0.5, 0.6) is 11.5 Å². The van der Waals surface area contributed by atoms with E-state index >= 15 is 0 Å². The lowest BCUT2D eigenvalue weighted by atomic mass is 9.83. The highest BCUT2D eigenvalue weighted by molar-refractivity contribution is 5.42. The summed E-state index contributed by atoms with van der Waals surface area (Å²) in [5, 5.41) is 50.8. The lowest BCUT2D eigenvalue weighted by molar-refractivity contribution is -0.317. The number of aliphatic hydroxyl groups is 5. The summed E-state index contributed by atoms with van der Waals surface area (Å²) in [6.07, 6.45) is -7.24. The van der Waals surface area contributed by atoms with Crippen LogP contribution in [0.2, 0.25) is 0 Å². The van der Waals surface area contributed by atoms with Gasteiger partial charge >= 0.3 is 0 Å². The van der Waals surface area contributed by atoms with Gasteiger partial charge in [0.05, 0.1) is 19.8 Å². The van der Waals surface area contributed by atoms with Crippen molar-refractivity contribution in [3.63, 3.8) is 0 Å². The van der Waals surface area contributed by atoms with Gasteiger partial charge in [-0.2, -0.15) is 0 Å². The van der Waals surface area contributed by atoms with Crippen LogP contribution in [0, 0.1) is 5.82 Å². The predicted molar refractivity (Wildman–Crippen MR) is 112 cm³/mol. The minimum atomic E-state index is -1.95. The molecule has 176 valence electrons. The second kappa shape index (κ2) is 9.70. The van der Waals surface area contributed by atoms with Crippen LogP contribution in [0.4, 0.5) is 4.39 Å². The van der Waals surface area contributed by atoms with Gasteiger partial charge in [0.15, 0.2) is 0 Å². The molecule has 1 saturated heterocycles. The molecule has 2 aromatic carbocycles. The number of halogens is 1. The molecule has 1 aliphatic heterocycles. The minimum Gasteiger partial charge on any atom is -0.497 e. The normalized spacial score (nSPS) is 28.9. The van der Waals surface area contributed by atoms with Crippen LogP contribution in [0.3, 0.4) is 0 Å². The highest BCUT2D eigenvalue weighted by Gasteiger charge is 2.54. The summed E-state index contributed by atoms with van der Waals surface area (Å²) in [5.74, 6) is 0.00421. The summed E-state index contributed by atoms with van der Waals surface area (Å²) < 4.78 is 31.4. The van der Waals surface area contributed by atoms with Gasteiger partial charge in [-0.05, 0) is 49.2 Å². The zero-order chi connectivity index (χ0) is 23.6. The quantitative estimate of drug-likeness (QED) is 0.419. The first-order valence-corrected chi connectivity index (χ1v) is 10.2. The third-order valence-corrected chi connectivity index (χ3v) is 5.68. The fourth-order valence-corrected chi connectivity index (χ4v) is 3.83. The Kier molecular flexibility index (Phi) is 7.39. The van der Waals surface area contributed by atoms with Gasteiger partial charge in [-0.3, -0.25) is 0 Å². The Hall–Kier alpha value is -2.27. The van der Waals surface area contributed by atoms with Crippen molar-refractivity contribution in [1.29, 1.82) is 0 Å². The van der Waals surface area contributed by atoms with Crippen LogP contribution in [0.1, 0.15) is 30.5 Å². The topological polar surface area (TPSA) is 129 Å². The zero-order valence-electron chi connectivity index (χ0n) is 18.1. The van der Waals surface area contributed by atoms with Gasteiger partial charge in [0.25, 0.3) is 0 Å². The zero-order valence-corrected chi connectivity index (χ0v) is 18.1. The van der Waals surface area contributed by atoms with Crippen molar-refractivity contribution in [2.24, 2.45) is 0 Å². The number of methoxy groups -OCH3 is 1. The smallest absolute Gasteiger partial charge is 0.229 e. The van der Waals surface area contributed by atoms with Gasteiger partial charge in [0.1, 0.15) is 41.2 Å². The number of rotatable bonds is 7. The Morgan fingerprint density at radius 1 is 1.16 bits per heavy atom. The molecule has 1 heterocycles. The number of ether oxygens (including phenoxy) is 3. The van der Waals surface area contributed by atoms with E-state index in [4.69, 9.17) is 14.2 Å². The molecular formula is C23H29FO8. The molecule has 0 unspecified atom stereocenters. The third-order valence-electron chi connectivity index (χ3n) is 5.68. The highest BCUT2D eigenvalue weighted by atomic mass is 19.1. The lowest BCUT2D eigenvalue weighted by Gasteiger charge is -2.47.